The van der Waals surface area contributed by atoms with E-state index in [1.165, 1.54) is 6.20 Å². The summed E-state index contributed by atoms with van der Waals surface area (Å²) in [7, 11) is 0. The zero-order valence-electron chi connectivity index (χ0n) is 17.5. The third kappa shape index (κ3) is 4.36. The average molecular weight is 430 g/mol. The van der Waals surface area contributed by atoms with Crippen molar-refractivity contribution < 1.29 is 13.9 Å². The van der Waals surface area contributed by atoms with Crippen LogP contribution in [0.15, 0.2) is 35.3 Å². The number of hydrogen-bond acceptors (Lipinski definition) is 5. The van der Waals surface area contributed by atoms with Crippen LogP contribution >= 0.6 is 0 Å². The molecule has 2 aromatic rings. The third-order valence-electron chi connectivity index (χ3n) is 6.82. The highest BCUT2D eigenvalue weighted by molar-refractivity contribution is 5.23. The molecule has 2 saturated heterocycles. The summed E-state index contributed by atoms with van der Waals surface area (Å²) < 4.78 is 29.4. The van der Waals surface area contributed by atoms with Gasteiger partial charge >= 0.3 is 0 Å². The minimum absolute atomic E-state index is 0.0188. The molecule has 0 saturated carbocycles. The van der Waals surface area contributed by atoms with Crippen LogP contribution in [-0.4, -0.2) is 56.6 Å². The Bertz CT molecular complexity index is 1010. The van der Waals surface area contributed by atoms with Gasteiger partial charge in [-0.1, -0.05) is 6.07 Å². The first-order valence-electron chi connectivity index (χ1n) is 11.1. The van der Waals surface area contributed by atoms with E-state index in [2.05, 4.69) is 9.88 Å². The van der Waals surface area contributed by atoms with Crippen molar-refractivity contribution in [3.8, 4) is 5.75 Å². The van der Waals surface area contributed by atoms with E-state index in [1.54, 1.807) is 11.0 Å². The quantitative estimate of drug-likeness (QED) is 0.808. The third-order valence-corrected chi connectivity index (χ3v) is 6.82. The standard InChI is InChI=1S/C23H28F2N4O2/c24-23(25)6-1-7-27(15-23)12-17-2-5-21-18-8-16(11-29(21)22(17)31)10-28(13-18)14-19-3-4-20(30)9-26-19/h2-5,9,16,18,30H,1,6-8,10-15H2/t16-,18+/m0/s1. The average Bonchev–Trinajstić information content (AvgIpc) is 2.71. The topological polar surface area (TPSA) is 61.6 Å². The van der Waals surface area contributed by atoms with Gasteiger partial charge in [-0.3, -0.25) is 19.6 Å². The van der Waals surface area contributed by atoms with Crippen molar-refractivity contribution in [1.82, 2.24) is 19.4 Å². The number of halogens is 2. The largest absolute Gasteiger partial charge is 0.506 e. The molecule has 6 nitrogen and oxygen atoms in total. The second-order valence-corrected chi connectivity index (χ2v) is 9.37. The Morgan fingerprint density at radius 1 is 1.10 bits per heavy atom. The van der Waals surface area contributed by atoms with Crippen LogP contribution in [0.5, 0.6) is 5.75 Å². The van der Waals surface area contributed by atoms with Crippen molar-refractivity contribution in [3.63, 3.8) is 0 Å². The molecule has 3 aliphatic rings. The summed E-state index contributed by atoms with van der Waals surface area (Å²) in [6.07, 6.45) is 2.94. The summed E-state index contributed by atoms with van der Waals surface area (Å²) in [5.74, 6) is -1.83. The molecule has 0 amide bonds. The second kappa shape index (κ2) is 7.98. The molecular formula is C23H28F2N4O2. The van der Waals surface area contributed by atoms with Crippen LogP contribution in [0.4, 0.5) is 8.78 Å². The molecule has 0 spiro atoms. The first-order chi connectivity index (χ1) is 14.9. The highest BCUT2D eigenvalue weighted by Gasteiger charge is 2.37. The number of alkyl halides is 2. The summed E-state index contributed by atoms with van der Waals surface area (Å²) >= 11 is 0. The second-order valence-electron chi connectivity index (χ2n) is 9.37. The Hall–Kier alpha value is -2.32. The molecule has 2 fully saturated rings. The van der Waals surface area contributed by atoms with Gasteiger partial charge in [0.2, 0.25) is 0 Å². The van der Waals surface area contributed by atoms with Crippen LogP contribution in [0.2, 0.25) is 0 Å². The van der Waals surface area contributed by atoms with E-state index in [1.807, 2.05) is 22.8 Å². The van der Waals surface area contributed by atoms with Gasteiger partial charge in [0.25, 0.3) is 11.5 Å². The lowest BCUT2D eigenvalue weighted by Gasteiger charge is -2.43. The van der Waals surface area contributed by atoms with E-state index in [9.17, 15) is 18.7 Å². The van der Waals surface area contributed by atoms with Crippen LogP contribution in [-0.2, 0) is 19.6 Å². The van der Waals surface area contributed by atoms with E-state index in [-0.39, 0.29) is 30.2 Å². The Morgan fingerprint density at radius 2 is 1.97 bits per heavy atom. The molecule has 166 valence electrons. The maximum absolute atomic E-state index is 13.8. The number of fused-ring (bicyclic) bond motifs is 4. The fraction of sp³-hybridized carbons (Fsp3) is 0.565. The van der Waals surface area contributed by atoms with Crippen molar-refractivity contribution >= 4 is 0 Å². The molecule has 5 rings (SSSR count). The number of aromatic nitrogens is 2. The number of aromatic hydroxyl groups is 1. The molecule has 2 aromatic heterocycles. The Morgan fingerprint density at radius 3 is 2.74 bits per heavy atom. The lowest BCUT2D eigenvalue weighted by atomic mass is 9.83. The van der Waals surface area contributed by atoms with Gasteiger partial charge in [-0.2, -0.15) is 0 Å². The van der Waals surface area contributed by atoms with Crippen LogP contribution < -0.4 is 5.56 Å². The number of pyridine rings is 2. The molecular weight excluding hydrogens is 402 g/mol. The van der Waals surface area contributed by atoms with Crippen LogP contribution in [0.25, 0.3) is 0 Å². The Balaban J connectivity index is 1.32. The monoisotopic (exact) mass is 430 g/mol. The zero-order valence-corrected chi connectivity index (χ0v) is 17.5. The van der Waals surface area contributed by atoms with Gasteiger partial charge in [0.05, 0.1) is 18.4 Å². The summed E-state index contributed by atoms with van der Waals surface area (Å²) in [5, 5.41) is 9.43. The summed E-state index contributed by atoms with van der Waals surface area (Å²) in [5.41, 5.74) is 2.57. The first-order valence-corrected chi connectivity index (χ1v) is 11.1. The predicted octanol–water partition coefficient (Wildman–Crippen LogP) is 2.80. The van der Waals surface area contributed by atoms with Gasteiger partial charge < -0.3 is 9.67 Å². The van der Waals surface area contributed by atoms with Crippen LogP contribution in [0, 0.1) is 5.92 Å². The first kappa shape index (κ1) is 20.6. The Labute approximate surface area is 180 Å². The minimum atomic E-state index is -2.66. The molecule has 0 radical (unpaired) electrons. The van der Waals surface area contributed by atoms with Gasteiger partial charge in [0.15, 0.2) is 0 Å². The maximum atomic E-state index is 13.8. The summed E-state index contributed by atoms with van der Waals surface area (Å²) in [6, 6.07) is 7.37. The van der Waals surface area contributed by atoms with E-state index in [0.29, 0.717) is 37.5 Å². The molecule has 1 N–H and O–H groups in total. The maximum Gasteiger partial charge on any atom is 0.260 e. The zero-order chi connectivity index (χ0) is 21.6. The molecule has 31 heavy (non-hydrogen) atoms. The fourth-order valence-corrected chi connectivity index (χ4v) is 5.50. The van der Waals surface area contributed by atoms with Crippen molar-refractivity contribution in [2.24, 2.45) is 5.92 Å². The molecule has 5 heterocycles. The Kier molecular flexibility index (Phi) is 5.30. The van der Waals surface area contributed by atoms with Gasteiger partial charge in [-0.25, -0.2) is 8.78 Å². The highest BCUT2D eigenvalue weighted by atomic mass is 19.3. The predicted molar refractivity (Wildman–Crippen MR) is 112 cm³/mol. The molecule has 2 atom stereocenters. The smallest absolute Gasteiger partial charge is 0.260 e. The SMILES string of the molecule is O=c1c(CN2CCCC(F)(F)C2)ccc2n1C[C@H]1C[C@@H]2CN(Cc2ccc(O)cn2)C1. The minimum Gasteiger partial charge on any atom is -0.506 e. The van der Waals surface area contributed by atoms with Crippen LogP contribution in [0.1, 0.15) is 42.1 Å². The number of hydrogen-bond donors (Lipinski definition) is 1. The van der Waals surface area contributed by atoms with Gasteiger partial charge in [-0.15, -0.1) is 0 Å². The van der Waals surface area contributed by atoms with Crippen molar-refractivity contribution in [3.05, 3.63) is 57.8 Å². The van der Waals surface area contributed by atoms with E-state index in [4.69, 9.17) is 0 Å². The molecule has 0 unspecified atom stereocenters. The fourth-order valence-electron chi connectivity index (χ4n) is 5.50. The van der Waals surface area contributed by atoms with Crippen molar-refractivity contribution in [2.75, 3.05) is 26.2 Å². The van der Waals surface area contributed by atoms with Gasteiger partial charge in [-0.05, 0) is 43.5 Å². The molecule has 0 aliphatic carbocycles. The molecule has 8 heteroatoms. The van der Waals surface area contributed by atoms with E-state index < -0.39 is 5.92 Å². The van der Waals surface area contributed by atoms with Gasteiger partial charge in [0, 0.05) is 56.3 Å². The van der Waals surface area contributed by atoms with Crippen molar-refractivity contribution in [2.45, 2.75) is 50.7 Å². The van der Waals surface area contributed by atoms with Crippen LogP contribution in [0.3, 0.4) is 0 Å². The number of likely N-dealkylation sites (tertiary alicyclic amines) is 2. The summed E-state index contributed by atoms with van der Waals surface area (Å²) in [6.45, 7) is 3.79. The van der Waals surface area contributed by atoms with Crippen molar-refractivity contribution in [1.29, 1.82) is 0 Å². The molecule has 3 aliphatic heterocycles. The summed E-state index contributed by atoms with van der Waals surface area (Å²) in [4.78, 5) is 21.6. The van der Waals surface area contributed by atoms with E-state index in [0.717, 1.165) is 37.4 Å². The number of nitrogens with zero attached hydrogens (tertiary/aromatic N) is 4. The van der Waals surface area contributed by atoms with E-state index >= 15 is 0 Å². The lowest BCUT2D eigenvalue weighted by molar-refractivity contribution is -0.0662. The number of piperidine rings is 2. The lowest BCUT2D eigenvalue weighted by Crippen LogP contribution is -2.48. The highest BCUT2D eigenvalue weighted by Crippen LogP contribution is 2.36. The van der Waals surface area contributed by atoms with Gasteiger partial charge in [0.1, 0.15) is 5.75 Å². The normalized spacial score (nSPS) is 25.9. The number of rotatable bonds is 4. The molecule has 2 bridgehead atoms. The molecule has 0 aromatic carbocycles.